The van der Waals surface area contributed by atoms with Crippen molar-refractivity contribution in [2.75, 3.05) is 6.61 Å². The number of imidazole rings is 1. The number of rotatable bonds is 5. The van der Waals surface area contributed by atoms with E-state index in [0.717, 1.165) is 17.8 Å². The van der Waals surface area contributed by atoms with Gasteiger partial charge in [0.05, 0.1) is 12.8 Å². The zero-order chi connectivity index (χ0) is 17.9. The van der Waals surface area contributed by atoms with Crippen molar-refractivity contribution >= 4 is 28.5 Å². The van der Waals surface area contributed by atoms with Crippen LogP contribution in [0.15, 0.2) is 67.1 Å². The van der Waals surface area contributed by atoms with Crippen molar-refractivity contribution in [2.24, 2.45) is 0 Å². The summed E-state index contributed by atoms with van der Waals surface area (Å²) in [7, 11) is 0. The van der Waals surface area contributed by atoms with E-state index in [9.17, 15) is 4.79 Å². The highest BCUT2D eigenvalue weighted by Crippen LogP contribution is 2.19. The molecule has 5 heteroatoms. The maximum atomic E-state index is 11.6. The summed E-state index contributed by atoms with van der Waals surface area (Å²) in [6.07, 6.45) is 8.85. The molecule has 0 radical (unpaired) electrons. The van der Waals surface area contributed by atoms with E-state index in [1.807, 2.05) is 23.0 Å². The van der Waals surface area contributed by atoms with E-state index < -0.39 is 0 Å². The highest BCUT2D eigenvalue weighted by atomic mass is 16.5. The second-order valence-corrected chi connectivity index (χ2v) is 6.06. The van der Waals surface area contributed by atoms with Gasteiger partial charge in [-0.05, 0) is 35.4 Å². The molecule has 5 nitrogen and oxygen atoms in total. The van der Waals surface area contributed by atoms with E-state index in [4.69, 9.17) is 4.74 Å². The van der Waals surface area contributed by atoms with Crippen LogP contribution in [0.5, 0.6) is 0 Å². The van der Waals surface area contributed by atoms with Gasteiger partial charge in [0, 0.05) is 30.6 Å². The summed E-state index contributed by atoms with van der Waals surface area (Å²) in [6.45, 7) is 2.89. The minimum Gasteiger partial charge on any atom is -0.463 e. The topological polar surface area (TPSA) is 48.5 Å². The molecule has 0 aliphatic carbocycles. The SMILES string of the molecule is CCOC(=O)/C=C/c1cnn2ccn(Cc3ccc4ccccc4c3)c12. The number of esters is 1. The molecule has 0 bridgehead atoms. The Morgan fingerprint density at radius 3 is 2.85 bits per heavy atom. The fraction of sp³-hybridized carbons (Fsp3) is 0.143. The van der Waals surface area contributed by atoms with E-state index in [1.54, 1.807) is 19.2 Å². The lowest BCUT2D eigenvalue weighted by molar-refractivity contribution is -0.137. The van der Waals surface area contributed by atoms with Crippen molar-refractivity contribution < 1.29 is 9.53 Å². The van der Waals surface area contributed by atoms with Gasteiger partial charge in [-0.15, -0.1) is 0 Å². The molecule has 2 aromatic heterocycles. The molecule has 26 heavy (non-hydrogen) atoms. The second kappa shape index (κ2) is 6.88. The van der Waals surface area contributed by atoms with Crippen molar-refractivity contribution in [2.45, 2.75) is 13.5 Å². The van der Waals surface area contributed by atoms with Gasteiger partial charge in [-0.1, -0.05) is 36.4 Å². The predicted molar refractivity (Wildman–Crippen MR) is 102 cm³/mol. The molecule has 0 aliphatic heterocycles. The number of nitrogens with zero attached hydrogens (tertiary/aromatic N) is 3. The minimum atomic E-state index is -0.348. The third-order valence-electron chi connectivity index (χ3n) is 4.31. The monoisotopic (exact) mass is 345 g/mol. The molecule has 0 fully saturated rings. The smallest absolute Gasteiger partial charge is 0.330 e. The number of benzene rings is 2. The van der Waals surface area contributed by atoms with Crippen molar-refractivity contribution in [3.05, 3.63) is 78.3 Å². The number of ether oxygens (including phenoxy) is 1. The quantitative estimate of drug-likeness (QED) is 0.407. The van der Waals surface area contributed by atoms with Gasteiger partial charge in [0.1, 0.15) is 5.65 Å². The van der Waals surface area contributed by atoms with Gasteiger partial charge in [-0.25, -0.2) is 9.31 Å². The molecule has 0 atom stereocenters. The molecular formula is C21H19N3O2. The highest BCUT2D eigenvalue weighted by molar-refractivity contribution is 5.88. The van der Waals surface area contributed by atoms with Crippen LogP contribution in [0, 0.1) is 0 Å². The second-order valence-electron chi connectivity index (χ2n) is 6.06. The first kappa shape index (κ1) is 16.1. The Balaban J connectivity index is 1.65. The first-order valence-electron chi connectivity index (χ1n) is 8.59. The standard InChI is InChI=1S/C21H19N3O2/c1-2-26-20(25)10-9-19-14-22-24-12-11-23(21(19)24)15-16-7-8-17-5-3-4-6-18(17)13-16/h3-14H,2,15H2,1H3/b10-9+. The summed E-state index contributed by atoms with van der Waals surface area (Å²) in [6, 6.07) is 14.8. The maximum absolute atomic E-state index is 11.6. The Labute approximate surface area is 151 Å². The van der Waals surface area contributed by atoms with E-state index in [-0.39, 0.29) is 5.97 Å². The summed E-state index contributed by atoms with van der Waals surface area (Å²) in [5.41, 5.74) is 3.03. The number of hydrogen-bond acceptors (Lipinski definition) is 3. The fourth-order valence-corrected chi connectivity index (χ4v) is 3.12. The van der Waals surface area contributed by atoms with E-state index in [1.165, 1.54) is 22.4 Å². The minimum absolute atomic E-state index is 0.348. The molecular weight excluding hydrogens is 326 g/mol. The van der Waals surface area contributed by atoms with Crippen molar-refractivity contribution in [1.82, 2.24) is 14.2 Å². The lowest BCUT2D eigenvalue weighted by Gasteiger charge is -2.06. The Hall–Kier alpha value is -3.34. The molecule has 4 aromatic rings. The number of carbonyl (C=O) groups excluding carboxylic acids is 1. The van der Waals surface area contributed by atoms with Crippen LogP contribution < -0.4 is 0 Å². The molecule has 130 valence electrons. The maximum Gasteiger partial charge on any atom is 0.330 e. The van der Waals surface area contributed by atoms with Gasteiger partial charge >= 0.3 is 5.97 Å². The fourth-order valence-electron chi connectivity index (χ4n) is 3.12. The van der Waals surface area contributed by atoms with Gasteiger partial charge in [-0.2, -0.15) is 5.10 Å². The van der Waals surface area contributed by atoms with Gasteiger partial charge < -0.3 is 9.30 Å². The van der Waals surface area contributed by atoms with Gasteiger partial charge in [0.2, 0.25) is 0 Å². The van der Waals surface area contributed by atoms with Crippen LogP contribution in [0.2, 0.25) is 0 Å². The summed E-state index contributed by atoms with van der Waals surface area (Å²) < 4.78 is 8.88. The van der Waals surface area contributed by atoms with Crippen molar-refractivity contribution in [3.63, 3.8) is 0 Å². The number of carbonyl (C=O) groups is 1. The first-order chi connectivity index (χ1) is 12.7. The summed E-state index contributed by atoms with van der Waals surface area (Å²) in [4.78, 5) is 11.6. The zero-order valence-electron chi connectivity index (χ0n) is 14.5. The van der Waals surface area contributed by atoms with E-state index >= 15 is 0 Å². The Bertz CT molecular complexity index is 1100. The number of hydrogen-bond donors (Lipinski definition) is 0. The number of aromatic nitrogens is 3. The average Bonchev–Trinajstić information content (AvgIpc) is 3.23. The molecule has 0 spiro atoms. The van der Waals surface area contributed by atoms with E-state index in [2.05, 4.69) is 46.1 Å². The summed E-state index contributed by atoms with van der Waals surface area (Å²) >= 11 is 0. The number of fused-ring (bicyclic) bond motifs is 2. The van der Waals surface area contributed by atoms with Crippen LogP contribution in [-0.2, 0) is 16.1 Å². The van der Waals surface area contributed by atoms with Crippen LogP contribution in [0.25, 0.3) is 22.5 Å². The lowest BCUT2D eigenvalue weighted by Crippen LogP contribution is -2.00. The third kappa shape index (κ3) is 3.11. The highest BCUT2D eigenvalue weighted by Gasteiger charge is 2.09. The first-order valence-corrected chi connectivity index (χ1v) is 8.59. The molecule has 0 aliphatic rings. The Kier molecular flexibility index (Phi) is 4.27. The van der Waals surface area contributed by atoms with Crippen LogP contribution in [0.3, 0.4) is 0 Å². The summed E-state index contributed by atoms with van der Waals surface area (Å²) in [5.74, 6) is -0.348. The molecule has 2 aromatic carbocycles. The summed E-state index contributed by atoms with van der Waals surface area (Å²) in [5, 5.41) is 6.81. The lowest BCUT2D eigenvalue weighted by atomic mass is 10.1. The normalized spacial score (nSPS) is 11.6. The Morgan fingerprint density at radius 2 is 2.00 bits per heavy atom. The van der Waals surface area contributed by atoms with Crippen LogP contribution in [0.1, 0.15) is 18.1 Å². The van der Waals surface area contributed by atoms with Crippen molar-refractivity contribution in [3.8, 4) is 0 Å². The van der Waals surface area contributed by atoms with Gasteiger partial charge in [0.25, 0.3) is 0 Å². The molecule has 0 unspecified atom stereocenters. The molecule has 2 heterocycles. The van der Waals surface area contributed by atoms with Crippen LogP contribution >= 0.6 is 0 Å². The molecule has 0 amide bonds. The van der Waals surface area contributed by atoms with E-state index in [0.29, 0.717) is 6.61 Å². The molecule has 0 N–H and O–H groups in total. The van der Waals surface area contributed by atoms with Crippen molar-refractivity contribution in [1.29, 1.82) is 0 Å². The van der Waals surface area contributed by atoms with Gasteiger partial charge in [0.15, 0.2) is 0 Å². The molecule has 0 saturated heterocycles. The predicted octanol–water partition coefficient (Wildman–Crippen LogP) is 3.91. The van der Waals surface area contributed by atoms with Gasteiger partial charge in [-0.3, -0.25) is 0 Å². The molecule has 4 rings (SSSR count). The third-order valence-corrected chi connectivity index (χ3v) is 4.31. The van der Waals surface area contributed by atoms with Crippen LogP contribution in [-0.4, -0.2) is 26.8 Å². The Morgan fingerprint density at radius 1 is 1.15 bits per heavy atom. The average molecular weight is 345 g/mol. The largest absolute Gasteiger partial charge is 0.463 e. The molecule has 0 saturated carbocycles. The zero-order valence-corrected chi connectivity index (χ0v) is 14.5. The van der Waals surface area contributed by atoms with Crippen LogP contribution in [0.4, 0.5) is 0 Å².